The molecule has 1 aromatic heterocycles. The van der Waals surface area contributed by atoms with Crippen LogP contribution in [0.4, 0.5) is 10.1 Å². The number of nitrogens with one attached hydrogen (secondary N) is 2. The molecule has 1 heterocycles. The van der Waals surface area contributed by atoms with Crippen LogP contribution in [-0.2, 0) is 0 Å². The fraction of sp³-hybridized carbons (Fsp3) is 0.217. The van der Waals surface area contributed by atoms with Crippen LogP contribution in [-0.4, -0.2) is 22.4 Å². The molecule has 1 aliphatic rings. The van der Waals surface area contributed by atoms with Crippen molar-refractivity contribution in [1.29, 1.82) is 0 Å². The largest absolute Gasteiger partial charge is 0.349 e. The quantitative estimate of drug-likeness (QED) is 0.678. The van der Waals surface area contributed by atoms with E-state index < -0.39 is 0 Å². The number of hydrogen-bond acceptors (Lipinski definition) is 2. The fourth-order valence-corrected chi connectivity index (χ4v) is 3.38. The van der Waals surface area contributed by atoms with Crippen molar-refractivity contribution < 1.29 is 14.0 Å². The first-order valence-corrected chi connectivity index (χ1v) is 9.59. The lowest BCUT2D eigenvalue weighted by molar-refractivity contribution is 0.0950. The van der Waals surface area contributed by atoms with E-state index in [4.69, 9.17) is 0 Å². The third kappa shape index (κ3) is 4.06. The van der Waals surface area contributed by atoms with Gasteiger partial charge in [0, 0.05) is 34.4 Å². The molecule has 1 saturated carbocycles. The molecule has 2 aromatic carbocycles. The van der Waals surface area contributed by atoms with Gasteiger partial charge in [0.2, 0.25) is 0 Å². The Bertz CT molecular complexity index is 1060. The third-order valence-electron chi connectivity index (χ3n) is 5.08. The average molecular weight is 391 g/mol. The van der Waals surface area contributed by atoms with Gasteiger partial charge < -0.3 is 15.2 Å². The lowest BCUT2D eigenvalue weighted by Crippen LogP contribution is -2.25. The maximum absolute atomic E-state index is 13.2. The number of hydrogen-bond donors (Lipinski definition) is 2. The molecule has 6 heteroatoms. The zero-order chi connectivity index (χ0) is 20.5. The van der Waals surface area contributed by atoms with Gasteiger partial charge in [0.15, 0.2) is 0 Å². The highest BCUT2D eigenvalue weighted by Crippen LogP contribution is 2.23. The summed E-state index contributed by atoms with van der Waals surface area (Å²) >= 11 is 0. The van der Waals surface area contributed by atoms with Gasteiger partial charge in [-0.05, 0) is 81.3 Å². The zero-order valence-corrected chi connectivity index (χ0v) is 16.3. The molecule has 1 aliphatic carbocycles. The standard InChI is InChI=1S/C23H22FN3O2/c1-14-13-21(15(2)27(14)20-11-5-17(24)6-12-20)23(29)26-18-7-3-16(4-8-18)22(28)25-19-9-10-19/h3-8,11-13,19H,9-10H2,1-2H3,(H,25,28)(H,26,29). The van der Waals surface area contributed by atoms with Gasteiger partial charge in [0.1, 0.15) is 5.82 Å². The van der Waals surface area contributed by atoms with Crippen molar-refractivity contribution in [3.05, 3.63) is 82.9 Å². The second-order valence-electron chi connectivity index (χ2n) is 7.38. The van der Waals surface area contributed by atoms with Crippen LogP contribution in [0.2, 0.25) is 0 Å². The lowest BCUT2D eigenvalue weighted by atomic mass is 10.1. The molecular weight excluding hydrogens is 369 g/mol. The van der Waals surface area contributed by atoms with Crippen molar-refractivity contribution in [2.24, 2.45) is 0 Å². The Kier molecular flexibility index (Phi) is 4.92. The van der Waals surface area contributed by atoms with E-state index >= 15 is 0 Å². The van der Waals surface area contributed by atoms with Crippen molar-refractivity contribution in [2.45, 2.75) is 32.7 Å². The number of amides is 2. The third-order valence-corrected chi connectivity index (χ3v) is 5.08. The topological polar surface area (TPSA) is 63.1 Å². The molecule has 2 N–H and O–H groups in total. The summed E-state index contributed by atoms with van der Waals surface area (Å²) in [6, 6.07) is 15.1. The molecule has 4 rings (SSSR count). The summed E-state index contributed by atoms with van der Waals surface area (Å²) < 4.78 is 15.1. The predicted molar refractivity (Wildman–Crippen MR) is 110 cm³/mol. The van der Waals surface area contributed by atoms with E-state index in [0.29, 0.717) is 22.9 Å². The summed E-state index contributed by atoms with van der Waals surface area (Å²) in [6.07, 6.45) is 2.08. The first-order chi connectivity index (χ1) is 13.9. The van der Waals surface area contributed by atoms with E-state index in [1.807, 2.05) is 24.5 Å². The highest BCUT2D eigenvalue weighted by atomic mass is 19.1. The Morgan fingerprint density at radius 3 is 2.24 bits per heavy atom. The van der Waals surface area contributed by atoms with Crippen LogP contribution in [0.3, 0.4) is 0 Å². The molecule has 2 amide bonds. The summed E-state index contributed by atoms with van der Waals surface area (Å²) in [5, 5.41) is 5.81. The summed E-state index contributed by atoms with van der Waals surface area (Å²) in [7, 11) is 0. The van der Waals surface area contributed by atoms with Crippen molar-refractivity contribution >= 4 is 17.5 Å². The predicted octanol–water partition coefficient (Wildman–Crippen LogP) is 4.38. The minimum Gasteiger partial charge on any atom is -0.349 e. The Morgan fingerprint density at radius 1 is 0.966 bits per heavy atom. The molecule has 1 fully saturated rings. The van der Waals surface area contributed by atoms with Gasteiger partial charge in [-0.15, -0.1) is 0 Å². The van der Waals surface area contributed by atoms with Gasteiger partial charge in [0.25, 0.3) is 11.8 Å². The smallest absolute Gasteiger partial charge is 0.257 e. The number of aryl methyl sites for hydroxylation is 1. The van der Waals surface area contributed by atoms with Crippen LogP contribution in [0.1, 0.15) is 44.9 Å². The number of rotatable bonds is 5. The van der Waals surface area contributed by atoms with Gasteiger partial charge in [-0.1, -0.05) is 0 Å². The lowest BCUT2D eigenvalue weighted by Gasteiger charge is -2.10. The SMILES string of the molecule is Cc1cc(C(=O)Nc2ccc(C(=O)NC3CC3)cc2)c(C)n1-c1ccc(F)cc1. The second kappa shape index (κ2) is 7.54. The maximum Gasteiger partial charge on any atom is 0.257 e. The number of nitrogens with zero attached hydrogens (tertiary/aromatic N) is 1. The van der Waals surface area contributed by atoms with Crippen LogP contribution in [0.5, 0.6) is 0 Å². The molecular formula is C23H22FN3O2. The molecule has 0 radical (unpaired) electrons. The van der Waals surface area contributed by atoms with Gasteiger partial charge in [-0.2, -0.15) is 0 Å². The summed E-state index contributed by atoms with van der Waals surface area (Å²) in [5.74, 6) is -0.627. The zero-order valence-electron chi connectivity index (χ0n) is 16.3. The highest BCUT2D eigenvalue weighted by Gasteiger charge is 2.23. The van der Waals surface area contributed by atoms with Crippen LogP contribution in [0, 0.1) is 19.7 Å². The molecule has 0 spiro atoms. The molecule has 3 aromatic rings. The van der Waals surface area contributed by atoms with E-state index in [1.54, 1.807) is 36.4 Å². The van der Waals surface area contributed by atoms with Gasteiger partial charge in [0.05, 0.1) is 5.56 Å². The van der Waals surface area contributed by atoms with Gasteiger partial charge in [-0.25, -0.2) is 4.39 Å². The molecule has 0 aliphatic heterocycles. The fourth-order valence-electron chi connectivity index (χ4n) is 3.38. The minimum atomic E-state index is -0.302. The number of halogens is 1. The second-order valence-corrected chi connectivity index (χ2v) is 7.38. The Labute approximate surface area is 168 Å². The van der Waals surface area contributed by atoms with Crippen LogP contribution in [0.15, 0.2) is 54.6 Å². The van der Waals surface area contributed by atoms with Crippen LogP contribution >= 0.6 is 0 Å². The molecule has 0 bridgehead atoms. The summed E-state index contributed by atoms with van der Waals surface area (Å²) in [6.45, 7) is 3.76. The molecule has 0 saturated heterocycles. The van der Waals surface area contributed by atoms with E-state index in [9.17, 15) is 14.0 Å². The molecule has 148 valence electrons. The van der Waals surface area contributed by atoms with E-state index in [1.165, 1.54) is 12.1 Å². The molecule has 29 heavy (non-hydrogen) atoms. The molecule has 0 unspecified atom stereocenters. The van der Waals surface area contributed by atoms with Gasteiger partial charge >= 0.3 is 0 Å². The Morgan fingerprint density at radius 2 is 1.62 bits per heavy atom. The number of carbonyl (C=O) groups excluding carboxylic acids is 2. The normalized spacial score (nSPS) is 13.2. The Balaban J connectivity index is 1.50. The summed E-state index contributed by atoms with van der Waals surface area (Å²) in [4.78, 5) is 24.9. The average Bonchev–Trinajstić information content (AvgIpc) is 3.46. The monoisotopic (exact) mass is 391 g/mol. The number of aromatic nitrogens is 1. The number of benzene rings is 2. The van der Waals surface area contributed by atoms with Crippen LogP contribution < -0.4 is 10.6 Å². The van der Waals surface area contributed by atoms with Gasteiger partial charge in [-0.3, -0.25) is 9.59 Å². The summed E-state index contributed by atoms with van der Waals surface area (Å²) in [5.41, 5.74) is 4.18. The van der Waals surface area contributed by atoms with Crippen molar-refractivity contribution in [3.63, 3.8) is 0 Å². The minimum absolute atomic E-state index is 0.0896. The van der Waals surface area contributed by atoms with E-state index in [-0.39, 0.29) is 17.6 Å². The van der Waals surface area contributed by atoms with E-state index in [2.05, 4.69) is 10.6 Å². The first kappa shape index (κ1) is 18.9. The number of anilines is 1. The van der Waals surface area contributed by atoms with Crippen molar-refractivity contribution in [1.82, 2.24) is 9.88 Å². The van der Waals surface area contributed by atoms with Crippen molar-refractivity contribution in [3.8, 4) is 5.69 Å². The van der Waals surface area contributed by atoms with E-state index in [0.717, 1.165) is 29.9 Å². The maximum atomic E-state index is 13.2. The first-order valence-electron chi connectivity index (χ1n) is 9.59. The number of carbonyl (C=O) groups is 2. The molecule has 0 atom stereocenters. The highest BCUT2D eigenvalue weighted by molar-refractivity contribution is 6.05. The van der Waals surface area contributed by atoms with Crippen molar-refractivity contribution in [2.75, 3.05) is 5.32 Å². The van der Waals surface area contributed by atoms with Crippen LogP contribution in [0.25, 0.3) is 5.69 Å². The molecule has 5 nitrogen and oxygen atoms in total. The Hall–Kier alpha value is -3.41.